The maximum Gasteiger partial charge on any atom is 0.253 e. The van der Waals surface area contributed by atoms with E-state index in [-0.39, 0.29) is 5.91 Å². The topological polar surface area (TPSA) is 57.7 Å². The smallest absolute Gasteiger partial charge is 0.253 e. The number of nitrogens with zero attached hydrogens (tertiary/aromatic N) is 2. The van der Waals surface area contributed by atoms with Gasteiger partial charge in [0.2, 0.25) is 10.0 Å². The molecule has 6 heteroatoms. The van der Waals surface area contributed by atoms with Gasteiger partial charge in [0, 0.05) is 31.7 Å². The van der Waals surface area contributed by atoms with E-state index in [0.29, 0.717) is 38.2 Å². The van der Waals surface area contributed by atoms with Crippen molar-refractivity contribution in [3.8, 4) is 0 Å². The first kappa shape index (κ1) is 15.5. The van der Waals surface area contributed by atoms with Crippen LogP contribution in [0.25, 0.3) is 0 Å². The zero-order chi connectivity index (χ0) is 15.6. The van der Waals surface area contributed by atoms with Crippen LogP contribution in [0.1, 0.15) is 36.0 Å². The van der Waals surface area contributed by atoms with E-state index in [9.17, 15) is 13.2 Å². The van der Waals surface area contributed by atoms with E-state index in [0.717, 1.165) is 19.3 Å². The summed E-state index contributed by atoms with van der Waals surface area (Å²) in [6.45, 7) is 2.21. The highest BCUT2D eigenvalue weighted by molar-refractivity contribution is 7.89. The molecule has 0 N–H and O–H groups in total. The van der Waals surface area contributed by atoms with Crippen molar-refractivity contribution in [2.45, 2.75) is 30.9 Å². The number of benzene rings is 1. The third-order valence-electron chi connectivity index (χ3n) is 4.53. The van der Waals surface area contributed by atoms with E-state index in [1.807, 2.05) is 18.2 Å². The standard InChI is InChI=1S/C16H22N2O3S/c19-16(14-7-2-1-3-8-14)17-10-6-9-15(13-17)22(20,21)18-11-4-5-12-18/h1-3,7-8,15H,4-6,9-13H2. The lowest BCUT2D eigenvalue weighted by molar-refractivity contribution is 0.0726. The van der Waals surface area contributed by atoms with Gasteiger partial charge >= 0.3 is 0 Å². The summed E-state index contributed by atoms with van der Waals surface area (Å²) in [7, 11) is -3.27. The van der Waals surface area contributed by atoms with Gasteiger partial charge < -0.3 is 4.90 Å². The van der Waals surface area contributed by atoms with Gasteiger partial charge in [0.25, 0.3) is 5.91 Å². The molecule has 22 heavy (non-hydrogen) atoms. The first-order chi connectivity index (χ1) is 10.6. The minimum absolute atomic E-state index is 0.0677. The quantitative estimate of drug-likeness (QED) is 0.851. The Bertz CT molecular complexity index is 624. The Morgan fingerprint density at radius 3 is 2.36 bits per heavy atom. The van der Waals surface area contributed by atoms with E-state index in [1.54, 1.807) is 21.3 Å². The van der Waals surface area contributed by atoms with Gasteiger partial charge in [-0.2, -0.15) is 0 Å². The summed E-state index contributed by atoms with van der Waals surface area (Å²) in [4.78, 5) is 14.2. The van der Waals surface area contributed by atoms with Gasteiger partial charge in [0.05, 0.1) is 5.25 Å². The van der Waals surface area contributed by atoms with E-state index in [2.05, 4.69) is 0 Å². The Labute approximate surface area is 132 Å². The van der Waals surface area contributed by atoms with Crippen molar-refractivity contribution in [1.82, 2.24) is 9.21 Å². The summed E-state index contributed by atoms with van der Waals surface area (Å²) in [6, 6.07) is 9.08. The molecule has 0 saturated carbocycles. The van der Waals surface area contributed by atoms with Crippen LogP contribution in [0.4, 0.5) is 0 Å². The largest absolute Gasteiger partial charge is 0.337 e. The van der Waals surface area contributed by atoms with Gasteiger partial charge in [-0.25, -0.2) is 12.7 Å². The lowest BCUT2D eigenvalue weighted by Gasteiger charge is -2.34. The third kappa shape index (κ3) is 3.03. The highest BCUT2D eigenvalue weighted by atomic mass is 32.2. The molecule has 120 valence electrons. The fourth-order valence-electron chi connectivity index (χ4n) is 3.28. The molecule has 0 aromatic heterocycles. The Kier molecular flexibility index (Phi) is 4.49. The lowest BCUT2D eigenvalue weighted by atomic mass is 10.1. The van der Waals surface area contributed by atoms with Crippen molar-refractivity contribution in [2.75, 3.05) is 26.2 Å². The van der Waals surface area contributed by atoms with Crippen molar-refractivity contribution in [1.29, 1.82) is 0 Å². The van der Waals surface area contributed by atoms with Crippen LogP contribution in [0.15, 0.2) is 30.3 Å². The Balaban J connectivity index is 1.73. The lowest BCUT2D eigenvalue weighted by Crippen LogP contribution is -2.49. The van der Waals surface area contributed by atoms with Crippen molar-refractivity contribution in [3.63, 3.8) is 0 Å². The molecule has 0 aliphatic carbocycles. The molecule has 2 heterocycles. The van der Waals surface area contributed by atoms with Crippen LogP contribution in [-0.4, -0.2) is 55.0 Å². The molecule has 0 radical (unpaired) electrons. The second kappa shape index (κ2) is 6.38. The van der Waals surface area contributed by atoms with E-state index < -0.39 is 15.3 Å². The van der Waals surface area contributed by atoms with Crippen LogP contribution in [0.5, 0.6) is 0 Å². The molecule has 5 nitrogen and oxygen atoms in total. The predicted octanol–water partition coefficient (Wildman–Crippen LogP) is 1.72. The molecule has 1 atom stereocenters. The Hall–Kier alpha value is -1.40. The molecule has 3 rings (SSSR count). The van der Waals surface area contributed by atoms with Gasteiger partial charge in [0.15, 0.2) is 0 Å². The van der Waals surface area contributed by atoms with Gasteiger partial charge in [-0.1, -0.05) is 18.2 Å². The first-order valence-corrected chi connectivity index (χ1v) is 9.42. The van der Waals surface area contributed by atoms with Crippen LogP contribution in [0.2, 0.25) is 0 Å². The molecule has 2 fully saturated rings. The van der Waals surface area contributed by atoms with Crippen LogP contribution in [0.3, 0.4) is 0 Å². The molecule has 0 bridgehead atoms. The summed E-state index contributed by atoms with van der Waals surface area (Å²) < 4.78 is 27.0. The number of likely N-dealkylation sites (tertiary alicyclic amines) is 1. The second-order valence-corrected chi connectivity index (χ2v) is 8.25. The highest BCUT2D eigenvalue weighted by Crippen LogP contribution is 2.24. The highest BCUT2D eigenvalue weighted by Gasteiger charge is 2.37. The Morgan fingerprint density at radius 1 is 1.00 bits per heavy atom. The van der Waals surface area contributed by atoms with Crippen LogP contribution >= 0.6 is 0 Å². The zero-order valence-electron chi connectivity index (χ0n) is 12.6. The Morgan fingerprint density at radius 2 is 1.68 bits per heavy atom. The predicted molar refractivity (Wildman–Crippen MR) is 85.1 cm³/mol. The third-order valence-corrected chi connectivity index (χ3v) is 6.84. The van der Waals surface area contributed by atoms with Crippen LogP contribution < -0.4 is 0 Å². The average molecular weight is 322 g/mol. The van der Waals surface area contributed by atoms with E-state index >= 15 is 0 Å². The van der Waals surface area contributed by atoms with Crippen molar-refractivity contribution in [2.24, 2.45) is 0 Å². The molecule has 1 unspecified atom stereocenters. The maximum absolute atomic E-state index is 12.7. The maximum atomic E-state index is 12.7. The second-order valence-electron chi connectivity index (χ2n) is 6.03. The number of carbonyl (C=O) groups is 1. The monoisotopic (exact) mass is 322 g/mol. The summed E-state index contributed by atoms with van der Waals surface area (Å²) in [6.07, 6.45) is 3.28. The number of hydrogen-bond donors (Lipinski definition) is 0. The molecular weight excluding hydrogens is 300 g/mol. The van der Waals surface area contributed by atoms with E-state index in [4.69, 9.17) is 0 Å². The molecular formula is C16H22N2O3S. The van der Waals surface area contributed by atoms with Crippen molar-refractivity contribution in [3.05, 3.63) is 35.9 Å². The van der Waals surface area contributed by atoms with Crippen molar-refractivity contribution >= 4 is 15.9 Å². The molecule has 2 aliphatic rings. The normalized spacial score (nSPS) is 23.6. The van der Waals surface area contributed by atoms with Gasteiger partial charge in [0.1, 0.15) is 0 Å². The average Bonchev–Trinajstić information content (AvgIpc) is 3.10. The van der Waals surface area contributed by atoms with Crippen LogP contribution in [-0.2, 0) is 10.0 Å². The molecule has 2 saturated heterocycles. The number of sulfonamides is 1. The molecule has 1 aromatic rings. The first-order valence-electron chi connectivity index (χ1n) is 7.92. The number of carbonyl (C=O) groups excluding carboxylic acids is 1. The fraction of sp³-hybridized carbons (Fsp3) is 0.562. The summed E-state index contributed by atoms with van der Waals surface area (Å²) >= 11 is 0. The number of hydrogen-bond acceptors (Lipinski definition) is 3. The van der Waals surface area contributed by atoms with Crippen molar-refractivity contribution < 1.29 is 13.2 Å². The number of rotatable bonds is 3. The minimum atomic E-state index is -3.27. The zero-order valence-corrected chi connectivity index (χ0v) is 13.5. The SMILES string of the molecule is O=C(c1ccccc1)N1CCCC(S(=O)(=O)N2CCCC2)C1. The number of amides is 1. The summed E-state index contributed by atoms with van der Waals surface area (Å²) in [5, 5.41) is -0.452. The van der Waals surface area contributed by atoms with Gasteiger partial charge in [-0.05, 0) is 37.8 Å². The van der Waals surface area contributed by atoms with Gasteiger partial charge in [-0.15, -0.1) is 0 Å². The van der Waals surface area contributed by atoms with Crippen LogP contribution in [0, 0.1) is 0 Å². The molecule has 2 aliphatic heterocycles. The summed E-state index contributed by atoms with van der Waals surface area (Å²) in [5.74, 6) is -0.0677. The summed E-state index contributed by atoms with van der Waals surface area (Å²) in [5.41, 5.74) is 0.627. The molecule has 1 aromatic carbocycles. The molecule has 0 spiro atoms. The van der Waals surface area contributed by atoms with E-state index in [1.165, 1.54) is 0 Å². The van der Waals surface area contributed by atoms with Gasteiger partial charge in [-0.3, -0.25) is 4.79 Å². The minimum Gasteiger partial charge on any atom is -0.337 e. The number of piperidine rings is 1. The molecule has 1 amide bonds. The fourth-order valence-corrected chi connectivity index (χ4v) is 5.30.